The summed E-state index contributed by atoms with van der Waals surface area (Å²) in [7, 11) is -3.83. The van der Waals surface area contributed by atoms with Gasteiger partial charge in [-0.1, -0.05) is 6.08 Å². The molecule has 0 saturated carbocycles. The van der Waals surface area contributed by atoms with E-state index in [1.54, 1.807) is 0 Å². The molecule has 140 valence electrons. The van der Waals surface area contributed by atoms with Crippen LogP contribution in [0.25, 0.3) is 0 Å². The van der Waals surface area contributed by atoms with Crippen LogP contribution in [0.4, 0.5) is 13.2 Å². The first-order valence-corrected chi connectivity index (χ1v) is 9.08. The smallest absolute Gasteiger partial charge is 0.406 e. The van der Waals surface area contributed by atoms with Gasteiger partial charge >= 0.3 is 6.18 Å². The van der Waals surface area contributed by atoms with Gasteiger partial charge in [-0.05, 0) is 19.8 Å². The second-order valence-corrected chi connectivity index (χ2v) is 7.64. The van der Waals surface area contributed by atoms with E-state index in [2.05, 4.69) is 6.58 Å². The van der Waals surface area contributed by atoms with Crippen LogP contribution in [0.5, 0.6) is 0 Å². The van der Waals surface area contributed by atoms with Gasteiger partial charge in [0.25, 0.3) is 5.91 Å². The Balaban J connectivity index is 2.31. The molecule has 0 N–H and O–H groups in total. The Morgan fingerprint density at radius 2 is 2.00 bits per heavy atom. The molecule has 1 amide bonds. The number of amides is 1. The van der Waals surface area contributed by atoms with E-state index in [0.29, 0.717) is 18.0 Å². The predicted molar refractivity (Wildman–Crippen MR) is 83.6 cm³/mol. The molecule has 2 heterocycles. The minimum Gasteiger partial charge on any atom is -0.455 e. The summed E-state index contributed by atoms with van der Waals surface area (Å²) in [5, 5.41) is 0. The Morgan fingerprint density at radius 3 is 2.52 bits per heavy atom. The van der Waals surface area contributed by atoms with Crippen molar-refractivity contribution in [3.63, 3.8) is 0 Å². The SMILES string of the molecule is C=CCN(CC(F)(F)F)C(=O)c1cc(S(=O)(=O)N2CCCC2)c(C)o1. The van der Waals surface area contributed by atoms with Crippen molar-refractivity contribution >= 4 is 15.9 Å². The summed E-state index contributed by atoms with van der Waals surface area (Å²) in [5.41, 5.74) is 0. The fourth-order valence-corrected chi connectivity index (χ4v) is 4.32. The molecule has 0 aliphatic carbocycles. The number of carbonyl (C=O) groups excluding carboxylic acids is 1. The van der Waals surface area contributed by atoms with E-state index in [-0.39, 0.29) is 17.2 Å². The van der Waals surface area contributed by atoms with E-state index in [9.17, 15) is 26.4 Å². The molecule has 1 aliphatic heterocycles. The van der Waals surface area contributed by atoms with Gasteiger partial charge in [0, 0.05) is 25.7 Å². The molecule has 25 heavy (non-hydrogen) atoms. The highest BCUT2D eigenvalue weighted by Gasteiger charge is 2.36. The molecular weight excluding hydrogens is 361 g/mol. The minimum absolute atomic E-state index is 0.0270. The van der Waals surface area contributed by atoms with Gasteiger partial charge in [0.15, 0.2) is 5.76 Å². The van der Waals surface area contributed by atoms with Crippen molar-refractivity contribution in [2.24, 2.45) is 0 Å². The van der Waals surface area contributed by atoms with Crippen molar-refractivity contribution in [2.75, 3.05) is 26.2 Å². The number of hydrogen-bond donors (Lipinski definition) is 0. The number of halogens is 3. The van der Waals surface area contributed by atoms with Gasteiger partial charge in [0.05, 0.1) is 0 Å². The van der Waals surface area contributed by atoms with Crippen LogP contribution in [0.15, 0.2) is 28.0 Å². The Labute approximate surface area is 143 Å². The van der Waals surface area contributed by atoms with E-state index < -0.39 is 34.4 Å². The van der Waals surface area contributed by atoms with E-state index in [4.69, 9.17) is 4.42 Å². The van der Waals surface area contributed by atoms with Crippen molar-refractivity contribution < 1.29 is 30.8 Å². The van der Waals surface area contributed by atoms with Crippen LogP contribution in [-0.2, 0) is 10.0 Å². The van der Waals surface area contributed by atoms with E-state index in [1.165, 1.54) is 11.2 Å². The summed E-state index contributed by atoms with van der Waals surface area (Å²) < 4.78 is 69.4. The third-order valence-electron chi connectivity index (χ3n) is 3.77. The molecule has 0 aromatic carbocycles. The van der Waals surface area contributed by atoms with Crippen LogP contribution < -0.4 is 0 Å². The monoisotopic (exact) mass is 380 g/mol. The maximum absolute atomic E-state index is 12.6. The van der Waals surface area contributed by atoms with Crippen molar-refractivity contribution in [2.45, 2.75) is 30.8 Å². The van der Waals surface area contributed by atoms with Gasteiger partial charge < -0.3 is 9.32 Å². The molecular formula is C15H19F3N2O4S. The predicted octanol–water partition coefficient (Wildman–Crippen LogP) is 2.56. The topological polar surface area (TPSA) is 70.8 Å². The number of rotatable bonds is 6. The van der Waals surface area contributed by atoms with Crippen molar-refractivity contribution in [1.82, 2.24) is 9.21 Å². The number of sulfonamides is 1. The standard InChI is InChI=1S/C15H19F3N2O4S/c1-3-6-19(10-15(16,17)18)14(21)12-9-13(11(2)24-12)25(22,23)20-7-4-5-8-20/h3,9H,1,4-8,10H2,2H3. The Morgan fingerprint density at radius 1 is 1.40 bits per heavy atom. The van der Waals surface area contributed by atoms with Gasteiger partial charge in [0.1, 0.15) is 17.2 Å². The van der Waals surface area contributed by atoms with Crippen molar-refractivity contribution in [3.05, 3.63) is 30.2 Å². The van der Waals surface area contributed by atoms with E-state index in [1.807, 2.05) is 0 Å². The molecule has 0 bridgehead atoms. The van der Waals surface area contributed by atoms with E-state index in [0.717, 1.165) is 25.0 Å². The second-order valence-electron chi connectivity index (χ2n) is 5.73. The summed E-state index contributed by atoms with van der Waals surface area (Å²) >= 11 is 0. The van der Waals surface area contributed by atoms with E-state index >= 15 is 0 Å². The number of hydrogen-bond acceptors (Lipinski definition) is 4. The molecule has 1 aliphatic rings. The maximum atomic E-state index is 12.6. The lowest BCUT2D eigenvalue weighted by Gasteiger charge is -2.21. The third kappa shape index (κ3) is 4.43. The van der Waals surface area contributed by atoms with Crippen LogP contribution in [0.1, 0.15) is 29.2 Å². The molecule has 6 nitrogen and oxygen atoms in total. The molecule has 1 aromatic heterocycles. The summed E-state index contributed by atoms with van der Waals surface area (Å²) in [6, 6.07) is 0.998. The highest BCUT2D eigenvalue weighted by atomic mass is 32.2. The number of aryl methyl sites for hydroxylation is 1. The molecule has 0 radical (unpaired) electrons. The van der Waals surface area contributed by atoms with Gasteiger partial charge in [-0.15, -0.1) is 6.58 Å². The number of furan rings is 1. The maximum Gasteiger partial charge on any atom is 0.406 e. The highest BCUT2D eigenvalue weighted by Crippen LogP contribution is 2.27. The summed E-state index contributed by atoms with van der Waals surface area (Å²) in [5.74, 6) is -1.51. The van der Waals surface area contributed by atoms with Crippen LogP contribution in [0, 0.1) is 6.92 Å². The zero-order chi connectivity index (χ0) is 18.8. The average Bonchev–Trinajstić information content (AvgIpc) is 3.14. The lowest BCUT2D eigenvalue weighted by atomic mass is 10.3. The quantitative estimate of drug-likeness (QED) is 0.711. The Kier molecular flexibility index (Phi) is 5.62. The van der Waals surface area contributed by atoms with Crippen molar-refractivity contribution in [1.29, 1.82) is 0 Å². The second kappa shape index (κ2) is 7.20. The lowest BCUT2D eigenvalue weighted by Crippen LogP contribution is -2.38. The van der Waals surface area contributed by atoms with Gasteiger partial charge in [-0.3, -0.25) is 4.79 Å². The van der Waals surface area contributed by atoms with Gasteiger partial charge in [-0.25, -0.2) is 8.42 Å². The molecule has 2 rings (SSSR count). The summed E-state index contributed by atoms with van der Waals surface area (Å²) in [4.78, 5) is 12.6. The lowest BCUT2D eigenvalue weighted by molar-refractivity contribution is -0.139. The molecule has 0 atom stereocenters. The van der Waals surface area contributed by atoms with Gasteiger partial charge in [0.2, 0.25) is 10.0 Å². The highest BCUT2D eigenvalue weighted by molar-refractivity contribution is 7.89. The zero-order valence-electron chi connectivity index (χ0n) is 13.7. The zero-order valence-corrected chi connectivity index (χ0v) is 14.5. The van der Waals surface area contributed by atoms with Crippen LogP contribution in [0.3, 0.4) is 0 Å². The first-order chi connectivity index (χ1) is 11.6. The summed E-state index contributed by atoms with van der Waals surface area (Å²) in [6.07, 6.45) is -1.96. The van der Waals surface area contributed by atoms with Crippen molar-refractivity contribution in [3.8, 4) is 0 Å². The Bertz CT molecular complexity index is 749. The van der Waals surface area contributed by atoms with Gasteiger partial charge in [-0.2, -0.15) is 17.5 Å². The molecule has 10 heteroatoms. The number of nitrogens with zero attached hydrogens (tertiary/aromatic N) is 2. The molecule has 0 spiro atoms. The molecule has 0 unspecified atom stereocenters. The summed E-state index contributed by atoms with van der Waals surface area (Å²) in [6.45, 7) is 3.60. The number of alkyl halides is 3. The number of carbonyl (C=O) groups is 1. The van der Waals surface area contributed by atoms with Crippen LogP contribution in [-0.4, -0.2) is 55.9 Å². The van der Waals surface area contributed by atoms with Crippen LogP contribution in [0.2, 0.25) is 0 Å². The third-order valence-corrected chi connectivity index (χ3v) is 5.78. The molecule has 1 aromatic rings. The molecule has 1 fully saturated rings. The fraction of sp³-hybridized carbons (Fsp3) is 0.533. The van der Waals surface area contributed by atoms with Crippen LogP contribution >= 0.6 is 0 Å². The minimum atomic E-state index is -4.59. The first kappa shape index (κ1) is 19.5. The fourth-order valence-electron chi connectivity index (χ4n) is 2.64. The normalized spacial score (nSPS) is 16.2. The first-order valence-electron chi connectivity index (χ1n) is 7.64. The Hall–Kier alpha value is -1.81. The average molecular weight is 380 g/mol. The molecule has 1 saturated heterocycles. The largest absolute Gasteiger partial charge is 0.455 e.